The molecule has 0 aromatic carbocycles. The number of phosphoric acid groups is 1. The molecule has 0 fully saturated rings. The van der Waals surface area contributed by atoms with E-state index < -0.39 is 26.5 Å². The second-order valence-electron chi connectivity index (χ2n) is 24.9. The molecule has 0 rings (SSSR count). The van der Waals surface area contributed by atoms with E-state index >= 15 is 0 Å². The number of rotatable bonds is 65. The first kappa shape index (κ1) is 79.7. The van der Waals surface area contributed by atoms with Gasteiger partial charge in [-0.05, 0) is 57.8 Å². The van der Waals surface area contributed by atoms with E-state index in [2.05, 4.69) is 74.6 Å². The van der Waals surface area contributed by atoms with Gasteiger partial charge in [-0.15, -0.1) is 0 Å². The van der Waals surface area contributed by atoms with Crippen LogP contribution in [-0.4, -0.2) is 74.9 Å². The number of likely N-dealkylation sites (N-methyl/N-ethyl adjacent to an activating group) is 1. The highest BCUT2D eigenvalue weighted by Crippen LogP contribution is 2.43. The maximum atomic E-state index is 12.9. The van der Waals surface area contributed by atoms with Crippen LogP contribution in [0.2, 0.25) is 0 Å². The molecule has 0 aromatic rings. The second kappa shape index (κ2) is 63.2. The third-order valence-corrected chi connectivity index (χ3v) is 16.5. The van der Waals surface area contributed by atoms with Crippen molar-refractivity contribution in [1.82, 2.24) is 0 Å². The lowest BCUT2D eigenvalue weighted by atomic mass is 10.0. The summed E-state index contributed by atoms with van der Waals surface area (Å²) in [5.74, 6) is -0.779. The Morgan fingerprint density at radius 3 is 1.04 bits per heavy atom. The van der Waals surface area contributed by atoms with E-state index in [4.69, 9.17) is 18.5 Å². The van der Waals surface area contributed by atoms with Gasteiger partial charge in [-0.3, -0.25) is 18.6 Å². The van der Waals surface area contributed by atoms with E-state index in [0.29, 0.717) is 23.9 Å². The highest BCUT2D eigenvalue weighted by atomic mass is 31.2. The molecule has 0 aliphatic rings. The van der Waals surface area contributed by atoms with Gasteiger partial charge in [0.1, 0.15) is 19.8 Å². The van der Waals surface area contributed by atoms with Crippen molar-refractivity contribution < 1.29 is 42.1 Å². The summed E-state index contributed by atoms with van der Waals surface area (Å²) in [7, 11) is 1.49. The van der Waals surface area contributed by atoms with Gasteiger partial charge in [-0.1, -0.05) is 325 Å². The Bertz CT molecular complexity index is 1570. The summed E-state index contributed by atoms with van der Waals surface area (Å²) in [6.45, 7) is 4.38. The fourth-order valence-electron chi connectivity index (χ4n) is 10.2. The topological polar surface area (TPSA) is 108 Å². The Morgan fingerprint density at radius 1 is 0.390 bits per heavy atom. The molecule has 2 atom stereocenters. The van der Waals surface area contributed by atoms with Crippen LogP contribution in [0.25, 0.3) is 0 Å². The summed E-state index contributed by atoms with van der Waals surface area (Å²) < 4.78 is 34.7. The summed E-state index contributed by atoms with van der Waals surface area (Å²) in [4.78, 5) is 35.9. The lowest BCUT2D eigenvalue weighted by molar-refractivity contribution is -0.870. The van der Waals surface area contributed by atoms with Crippen LogP contribution in [0.1, 0.15) is 335 Å². The molecule has 0 aromatic heterocycles. The summed E-state index contributed by atoms with van der Waals surface area (Å²) in [6.07, 6.45) is 83.3. The van der Waals surface area contributed by atoms with Crippen molar-refractivity contribution in [2.45, 2.75) is 341 Å². The van der Waals surface area contributed by atoms with Crippen molar-refractivity contribution in [2.75, 3.05) is 47.5 Å². The van der Waals surface area contributed by atoms with Gasteiger partial charge >= 0.3 is 19.8 Å². The van der Waals surface area contributed by atoms with E-state index in [0.717, 1.165) is 64.2 Å². The number of esters is 2. The van der Waals surface area contributed by atoms with Crippen molar-refractivity contribution in [3.63, 3.8) is 0 Å². The number of carbonyl (C=O) groups excluding carboxylic acids is 2. The summed E-state index contributed by atoms with van der Waals surface area (Å²) in [5.41, 5.74) is 0. The number of hydrogen-bond donors (Lipinski definition) is 1. The van der Waals surface area contributed by atoms with Gasteiger partial charge in [0, 0.05) is 12.8 Å². The Hall–Kier alpha value is -2.29. The zero-order valence-electron chi connectivity index (χ0n) is 54.7. The van der Waals surface area contributed by atoms with E-state index in [1.54, 1.807) is 0 Å². The molecule has 0 heterocycles. The molecule has 0 aliphatic heterocycles. The van der Waals surface area contributed by atoms with Crippen LogP contribution in [0.3, 0.4) is 0 Å². The van der Waals surface area contributed by atoms with Crippen LogP contribution < -0.4 is 0 Å². The van der Waals surface area contributed by atoms with E-state index in [9.17, 15) is 19.0 Å². The molecule has 1 N–H and O–H groups in total. The summed E-state index contributed by atoms with van der Waals surface area (Å²) in [5, 5.41) is 0. The van der Waals surface area contributed by atoms with Crippen molar-refractivity contribution in [3.05, 3.63) is 60.8 Å². The van der Waals surface area contributed by atoms with Gasteiger partial charge in [0.2, 0.25) is 0 Å². The number of carbonyl (C=O) groups is 2. The van der Waals surface area contributed by atoms with Crippen molar-refractivity contribution in [3.8, 4) is 0 Å². The Morgan fingerprint density at radius 2 is 0.695 bits per heavy atom. The quantitative estimate of drug-likeness (QED) is 0.0211. The number of unbranched alkanes of at least 4 members (excludes halogenated alkanes) is 41. The lowest BCUT2D eigenvalue weighted by Gasteiger charge is -2.24. The Kier molecular flexibility index (Phi) is 61.5. The minimum atomic E-state index is -4.39. The zero-order valence-corrected chi connectivity index (χ0v) is 55.6. The third-order valence-electron chi connectivity index (χ3n) is 15.6. The molecular formula is C72H135NO8P+. The van der Waals surface area contributed by atoms with Crippen molar-refractivity contribution in [2.24, 2.45) is 0 Å². The molecule has 9 nitrogen and oxygen atoms in total. The number of allylic oxidation sites excluding steroid dienone is 10. The predicted octanol–water partition coefficient (Wildman–Crippen LogP) is 22.6. The molecule has 0 saturated heterocycles. The molecule has 0 bridgehead atoms. The monoisotopic (exact) mass is 1170 g/mol. The number of quaternary nitrogens is 1. The first-order valence-corrected chi connectivity index (χ1v) is 36.5. The second-order valence-corrected chi connectivity index (χ2v) is 26.4. The Balaban J connectivity index is 4.01. The van der Waals surface area contributed by atoms with Gasteiger partial charge < -0.3 is 18.9 Å². The summed E-state index contributed by atoms with van der Waals surface area (Å²) >= 11 is 0. The minimum absolute atomic E-state index is 0.0334. The average molecular weight is 1170 g/mol. The zero-order chi connectivity index (χ0) is 59.8. The predicted molar refractivity (Wildman–Crippen MR) is 353 cm³/mol. The van der Waals surface area contributed by atoms with Crippen molar-refractivity contribution >= 4 is 19.8 Å². The fraction of sp³-hybridized carbons (Fsp3) is 0.833. The number of hydrogen-bond acceptors (Lipinski definition) is 7. The molecule has 10 heteroatoms. The van der Waals surface area contributed by atoms with E-state index in [-0.39, 0.29) is 25.6 Å². The largest absolute Gasteiger partial charge is 0.472 e. The maximum Gasteiger partial charge on any atom is 0.472 e. The SMILES string of the molecule is CC/C=C\C/C=C\C/C=C\C/C=C\C/C=C\CCCCCCCCCCCCCCCCCCCC(=O)OC(COC(=O)CCCCCCCCCCCCCCCCCCCCCCCCCCC)COP(=O)(O)OCC[N+](C)(C)C. The normalized spacial score (nSPS) is 13.5. The molecular weight excluding hydrogens is 1040 g/mol. The lowest BCUT2D eigenvalue weighted by Crippen LogP contribution is -2.37. The van der Waals surface area contributed by atoms with Crippen LogP contribution >= 0.6 is 7.82 Å². The molecule has 0 radical (unpaired) electrons. The molecule has 0 saturated carbocycles. The molecule has 0 aliphatic carbocycles. The maximum absolute atomic E-state index is 12.9. The highest BCUT2D eigenvalue weighted by Gasteiger charge is 2.27. The Labute approximate surface area is 508 Å². The van der Waals surface area contributed by atoms with Gasteiger partial charge in [0.05, 0.1) is 27.7 Å². The fourth-order valence-corrected chi connectivity index (χ4v) is 11.0. The van der Waals surface area contributed by atoms with E-state index in [1.807, 2.05) is 21.1 Å². The highest BCUT2D eigenvalue weighted by molar-refractivity contribution is 7.47. The van der Waals surface area contributed by atoms with Crippen molar-refractivity contribution in [1.29, 1.82) is 0 Å². The van der Waals surface area contributed by atoms with Gasteiger partial charge in [-0.25, -0.2) is 4.57 Å². The summed E-state index contributed by atoms with van der Waals surface area (Å²) in [6, 6.07) is 0. The average Bonchev–Trinajstić information content (AvgIpc) is 3.46. The molecule has 0 amide bonds. The number of ether oxygens (including phenoxy) is 2. The number of nitrogens with zero attached hydrogens (tertiary/aromatic N) is 1. The smallest absolute Gasteiger partial charge is 0.462 e. The van der Waals surface area contributed by atoms with Crippen LogP contribution in [0.5, 0.6) is 0 Å². The third kappa shape index (κ3) is 66.8. The molecule has 0 spiro atoms. The van der Waals surface area contributed by atoms with Crippen LogP contribution in [-0.2, 0) is 32.7 Å². The standard InChI is InChI=1S/C72H134NO8P/c1-6-8-10-12-14-16-18-20-22-24-26-28-30-32-33-34-35-36-37-38-39-41-43-45-47-49-51-53-55-57-59-61-63-65-72(75)81-70(69-80-82(76,77)79-67-66-73(3,4)5)68-78-71(74)64-62-60-58-56-54-52-50-48-46-44-42-40-31-29-27-25-23-21-19-17-15-13-11-9-7-2/h8,10,14,16,20,22,26,28,32-33,70H,6-7,9,11-13,15,17-19,21,23-25,27,29-31,34-69H2,1-5H3/p+1/b10-8-,16-14-,22-20-,28-26-,33-32-. The van der Waals surface area contributed by atoms with Gasteiger partial charge in [0.25, 0.3) is 0 Å². The van der Waals surface area contributed by atoms with Crippen LogP contribution in [0.4, 0.5) is 0 Å². The van der Waals surface area contributed by atoms with Gasteiger partial charge in [0.15, 0.2) is 6.10 Å². The van der Waals surface area contributed by atoms with Gasteiger partial charge in [-0.2, -0.15) is 0 Å². The molecule has 82 heavy (non-hydrogen) atoms. The van der Waals surface area contributed by atoms with E-state index in [1.165, 1.54) is 238 Å². The minimum Gasteiger partial charge on any atom is -0.462 e. The molecule has 2 unspecified atom stereocenters. The van der Waals surface area contributed by atoms with Crippen LogP contribution in [0, 0.1) is 0 Å². The molecule has 480 valence electrons. The first-order chi connectivity index (χ1) is 40.0. The van der Waals surface area contributed by atoms with Crippen LogP contribution in [0.15, 0.2) is 60.8 Å². The first-order valence-electron chi connectivity index (χ1n) is 35.0. The number of phosphoric ester groups is 1.